The van der Waals surface area contributed by atoms with E-state index in [1.165, 1.54) is 4.90 Å². The van der Waals surface area contributed by atoms with Crippen molar-refractivity contribution in [3.8, 4) is 0 Å². The summed E-state index contributed by atoms with van der Waals surface area (Å²) < 4.78 is 54.4. The minimum Gasteiger partial charge on any atom is -0.455 e. The topological polar surface area (TPSA) is 144 Å². The summed E-state index contributed by atoms with van der Waals surface area (Å²) in [5, 5.41) is 5.43. The van der Waals surface area contributed by atoms with Crippen LogP contribution >= 0.6 is 0 Å². The van der Waals surface area contributed by atoms with Gasteiger partial charge in [-0.2, -0.15) is 4.98 Å². The van der Waals surface area contributed by atoms with E-state index in [4.69, 9.17) is 18.9 Å². The lowest BCUT2D eigenvalue weighted by Gasteiger charge is -2.34. The van der Waals surface area contributed by atoms with Gasteiger partial charge in [0.25, 0.3) is 12.0 Å². The number of halogens is 2. The third-order valence-corrected chi connectivity index (χ3v) is 7.46. The SMILES string of the molecule is CC(=O)O[C@H]1[C@H](N2CNc3c2nc(NC(=O)C(C)C)[nH]c3=O)O[C@@](COCc2ccccc2)(C(F)F)[C@H]1OCc1ccccc1. The van der Waals surface area contributed by atoms with Gasteiger partial charge in [0.1, 0.15) is 11.8 Å². The maximum atomic E-state index is 15.3. The maximum absolute atomic E-state index is 15.3. The number of ether oxygens (including phenoxy) is 4. The molecule has 1 saturated heterocycles. The fourth-order valence-corrected chi connectivity index (χ4v) is 5.19. The molecule has 3 heterocycles. The Morgan fingerprint density at radius 3 is 2.33 bits per heavy atom. The molecular weight excluding hydrogens is 592 g/mol. The number of benzene rings is 2. The number of anilines is 3. The van der Waals surface area contributed by atoms with Crippen LogP contribution in [0.3, 0.4) is 0 Å². The Kier molecular flexibility index (Phi) is 9.75. The molecule has 5 rings (SSSR count). The Morgan fingerprint density at radius 1 is 1.09 bits per heavy atom. The van der Waals surface area contributed by atoms with E-state index in [-0.39, 0.29) is 37.3 Å². The van der Waals surface area contributed by atoms with Crippen LogP contribution < -0.4 is 21.1 Å². The number of alkyl halides is 2. The fraction of sp³-hybridized carbons (Fsp3) is 0.419. The van der Waals surface area contributed by atoms with Crippen molar-refractivity contribution in [2.24, 2.45) is 5.92 Å². The predicted octanol–water partition coefficient (Wildman–Crippen LogP) is 3.65. The van der Waals surface area contributed by atoms with Crippen molar-refractivity contribution in [3.63, 3.8) is 0 Å². The molecule has 1 amide bonds. The third kappa shape index (κ3) is 6.97. The smallest absolute Gasteiger partial charge is 0.303 e. The first-order chi connectivity index (χ1) is 21.6. The first kappa shape index (κ1) is 32.0. The largest absolute Gasteiger partial charge is 0.455 e. The highest BCUT2D eigenvalue weighted by molar-refractivity contribution is 5.90. The van der Waals surface area contributed by atoms with Crippen molar-refractivity contribution in [1.29, 1.82) is 0 Å². The summed E-state index contributed by atoms with van der Waals surface area (Å²) in [7, 11) is 0. The van der Waals surface area contributed by atoms with E-state index in [1.807, 2.05) is 12.1 Å². The second-order valence-electron chi connectivity index (χ2n) is 11.1. The Balaban J connectivity index is 1.52. The lowest BCUT2D eigenvalue weighted by atomic mass is 9.95. The number of H-pyrrole nitrogens is 1. The summed E-state index contributed by atoms with van der Waals surface area (Å²) in [5.41, 5.74) is -1.52. The number of fused-ring (bicyclic) bond motifs is 1. The van der Waals surface area contributed by atoms with Crippen LogP contribution in [0.5, 0.6) is 0 Å². The molecule has 1 fully saturated rings. The first-order valence-corrected chi connectivity index (χ1v) is 14.4. The van der Waals surface area contributed by atoms with Crippen molar-refractivity contribution < 1.29 is 37.3 Å². The monoisotopic (exact) mass is 627 g/mol. The highest BCUT2D eigenvalue weighted by atomic mass is 19.3. The van der Waals surface area contributed by atoms with Gasteiger partial charge in [0, 0.05) is 12.8 Å². The van der Waals surface area contributed by atoms with E-state index in [0.29, 0.717) is 5.56 Å². The molecule has 2 aromatic carbocycles. The predicted molar refractivity (Wildman–Crippen MR) is 160 cm³/mol. The minimum atomic E-state index is -3.15. The molecule has 3 aromatic rings. The van der Waals surface area contributed by atoms with E-state index in [9.17, 15) is 14.4 Å². The van der Waals surface area contributed by atoms with Crippen LogP contribution in [0, 0.1) is 5.92 Å². The van der Waals surface area contributed by atoms with Crippen LogP contribution in [0.4, 0.5) is 26.2 Å². The zero-order chi connectivity index (χ0) is 32.1. The zero-order valence-electron chi connectivity index (χ0n) is 25.0. The van der Waals surface area contributed by atoms with Gasteiger partial charge in [-0.3, -0.25) is 24.7 Å². The highest BCUT2D eigenvalue weighted by Crippen LogP contribution is 2.44. The number of amides is 1. The summed E-state index contributed by atoms with van der Waals surface area (Å²) in [6, 6.07) is 17.9. The molecule has 0 saturated carbocycles. The van der Waals surface area contributed by atoms with Crippen LogP contribution in [-0.2, 0) is 41.8 Å². The summed E-state index contributed by atoms with van der Waals surface area (Å²) >= 11 is 0. The molecule has 14 heteroatoms. The van der Waals surface area contributed by atoms with Crippen LogP contribution in [0.1, 0.15) is 31.9 Å². The molecule has 2 aliphatic rings. The molecule has 0 aliphatic carbocycles. The molecular formula is C31H35F2N5O7. The molecule has 1 aromatic heterocycles. The number of hydrogen-bond acceptors (Lipinski definition) is 10. The number of rotatable bonds is 12. The third-order valence-electron chi connectivity index (χ3n) is 7.46. The van der Waals surface area contributed by atoms with Gasteiger partial charge in [-0.05, 0) is 11.1 Å². The zero-order valence-corrected chi connectivity index (χ0v) is 25.0. The Hall–Kier alpha value is -4.40. The Labute approximate surface area is 258 Å². The van der Waals surface area contributed by atoms with Crippen LogP contribution in [-0.4, -0.2) is 65.6 Å². The fourth-order valence-electron chi connectivity index (χ4n) is 5.19. The summed E-state index contributed by atoms with van der Waals surface area (Å²) in [4.78, 5) is 45.9. The number of aromatic amines is 1. The number of nitrogens with zero attached hydrogens (tertiary/aromatic N) is 2. The molecule has 0 spiro atoms. The van der Waals surface area contributed by atoms with E-state index in [2.05, 4.69) is 20.6 Å². The van der Waals surface area contributed by atoms with Gasteiger partial charge in [0.15, 0.2) is 23.8 Å². The molecule has 0 unspecified atom stereocenters. The summed E-state index contributed by atoms with van der Waals surface area (Å²) in [6.07, 6.45) is -7.45. The molecule has 0 radical (unpaired) electrons. The van der Waals surface area contributed by atoms with Crippen molar-refractivity contribution in [1.82, 2.24) is 9.97 Å². The normalized spacial score (nSPS) is 22.4. The summed E-state index contributed by atoms with van der Waals surface area (Å²) in [5.74, 6) is -1.69. The molecule has 4 atom stereocenters. The lowest BCUT2D eigenvalue weighted by Crippen LogP contribution is -2.54. The van der Waals surface area contributed by atoms with Crippen molar-refractivity contribution in [2.75, 3.05) is 28.8 Å². The van der Waals surface area contributed by atoms with E-state index < -0.39 is 60.4 Å². The van der Waals surface area contributed by atoms with Gasteiger partial charge in [0.05, 0.1) is 26.5 Å². The van der Waals surface area contributed by atoms with Crippen LogP contribution in [0.15, 0.2) is 65.5 Å². The number of esters is 1. The first-order valence-electron chi connectivity index (χ1n) is 14.4. The van der Waals surface area contributed by atoms with Gasteiger partial charge in [-0.15, -0.1) is 0 Å². The Bertz CT molecular complexity index is 1540. The maximum Gasteiger partial charge on any atom is 0.303 e. The van der Waals surface area contributed by atoms with Crippen LogP contribution in [0.25, 0.3) is 0 Å². The van der Waals surface area contributed by atoms with E-state index >= 15 is 8.78 Å². The van der Waals surface area contributed by atoms with Crippen molar-refractivity contribution >= 4 is 29.3 Å². The number of carbonyl (C=O) groups is 2. The number of carbonyl (C=O) groups excluding carboxylic acids is 2. The second-order valence-corrected chi connectivity index (χ2v) is 11.1. The Morgan fingerprint density at radius 2 is 1.73 bits per heavy atom. The minimum absolute atomic E-state index is 0.0108. The highest BCUT2D eigenvalue weighted by Gasteiger charge is 2.65. The number of aromatic nitrogens is 2. The van der Waals surface area contributed by atoms with Crippen molar-refractivity contribution in [3.05, 3.63) is 82.1 Å². The van der Waals surface area contributed by atoms with Gasteiger partial charge in [0.2, 0.25) is 11.9 Å². The summed E-state index contributed by atoms with van der Waals surface area (Å²) in [6.45, 7) is 3.69. The van der Waals surface area contributed by atoms with Crippen molar-refractivity contribution in [2.45, 2.75) is 64.4 Å². The standard InChI is InChI=1S/C31H35F2N5O7/c1-18(2)26(40)36-30-35-25-22(27(41)37-30)34-17-38(25)28-23(44-19(3)39)24(43-15-21-12-8-5-9-13-21)31(45-28,29(32)33)16-42-14-20-10-6-4-7-11-20/h4-13,18,23-24,28-29,34H,14-17H2,1-3H3,(H2,35,36,37,40,41)/t23-,24+,28-,31-/m1/s1. The van der Waals surface area contributed by atoms with Crippen LogP contribution in [0.2, 0.25) is 0 Å². The number of hydrogen-bond donors (Lipinski definition) is 3. The molecule has 240 valence electrons. The van der Waals surface area contributed by atoms with Gasteiger partial charge >= 0.3 is 5.97 Å². The molecule has 45 heavy (non-hydrogen) atoms. The molecule has 12 nitrogen and oxygen atoms in total. The van der Waals surface area contributed by atoms with E-state index in [0.717, 1.165) is 12.5 Å². The van der Waals surface area contributed by atoms with E-state index in [1.54, 1.807) is 62.4 Å². The van der Waals surface area contributed by atoms with Gasteiger partial charge < -0.3 is 29.2 Å². The number of nitrogens with one attached hydrogen (secondary N) is 3. The second kappa shape index (κ2) is 13.7. The average Bonchev–Trinajstić information content (AvgIpc) is 3.56. The molecule has 3 N–H and O–H groups in total. The molecule has 2 aliphatic heterocycles. The van der Waals surface area contributed by atoms with Gasteiger partial charge in [-0.1, -0.05) is 74.5 Å². The quantitative estimate of drug-likeness (QED) is 0.255. The van der Waals surface area contributed by atoms with Gasteiger partial charge in [-0.25, -0.2) is 8.78 Å². The lowest BCUT2D eigenvalue weighted by molar-refractivity contribution is -0.208. The average molecular weight is 628 g/mol. The molecule has 0 bridgehead atoms.